The molecule has 8 nitrogen and oxygen atoms in total. The van der Waals surface area contributed by atoms with Crippen molar-refractivity contribution >= 4 is 29.3 Å². The average Bonchev–Trinajstić information content (AvgIpc) is 2.90. The molecule has 4 amide bonds. The van der Waals surface area contributed by atoms with Crippen LogP contribution in [-0.4, -0.2) is 59.7 Å². The molecule has 29 heavy (non-hydrogen) atoms. The van der Waals surface area contributed by atoms with Gasteiger partial charge in [0.1, 0.15) is 6.04 Å². The van der Waals surface area contributed by atoms with Crippen molar-refractivity contribution in [3.05, 3.63) is 28.8 Å². The molecule has 0 bridgehead atoms. The van der Waals surface area contributed by atoms with Gasteiger partial charge in [-0.15, -0.1) is 0 Å². The molecule has 2 N–H and O–H groups in total. The van der Waals surface area contributed by atoms with Crippen LogP contribution < -0.4 is 15.5 Å². The third-order valence-electron chi connectivity index (χ3n) is 5.69. The smallest absolute Gasteiger partial charge is 0.265 e. The van der Waals surface area contributed by atoms with Crippen LogP contribution in [0.2, 0.25) is 0 Å². The van der Waals surface area contributed by atoms with Gasteiger partial charge in [-0.1, -0.05) is 0 Å². The van der Waals surface area contributed by atoms with Crippen molar-refractivity contribution in [2.75, 3.05) is 18.0 Å². The average molecular weight is 406 g/mol. The van der Waals surface area contributed by atoms with Gasteiger partial charge in [-0.25, -0.2) is 8.78 Å². The Labute approximate surface area is 165 Å². The maximum absolute atomic E-state index is 14.6. The molecular formula is C19H20F2N4O4. The monoisotopic (exact) mass is 406 g/mol. The molecule has 3 aliphatic heterocycles. The third kappa shape index (κ3) is 2.89. The molecule has 154 valence electrons. The van der Waals surface area contributed by atoms with Crippen LogP contribution in [0.1, 0.15) is 47.4 Å². The van der Waals surface area contributed by atoms with Crippen molar-refractivity contribution in [1.82, 2.24) is 15.5 Å². The van der Waals surface area contributed by atoms with Gasteiger partial charge in [0.05, 0.1) is 16.8 Å². The van der Waals surface area contributed by atoms with Crippen LogP contribution in [0.4, 0.5) is 14.5 Å². The zero-order chi connectivity index (χ0) is 21.0. The highest BCUT2D eigenvalue weighted by Gasteiger charge is 2.49. The minimum atomic E-state index is -1.41. The number of halogens is 2. The number of nitrogens with zero attached hydrogens (tertiary/aromatic N) is 2. The summed E-state index contributed by atoms with van der Waals surface area (Å²) in [5, 5.41) is 5.29. The fourth-order valence-electron chi connectivity index (χ4n) is 4.39. The summed E-state index contributed by atoms with van der Waals surface area (Å²) in [5.41, 5.74) is -0.764. The summed E-state index contributed by atoms with van der Waals surface area (Å²) in [6, 6.07) is -0.583. The first-order valence-electron chi connectivity index (χ1n) is 9.45. The summed E-state index contributed by atoms with van der Waals surface area (Å²) in [4.78, 5) is 52.1. The van der Waals surface area contributed by atoms with Crippen LogP contribution in [0.15, 0.2) is 6.07 Å². The Hall–Kier alpha value is -2.88. The molecule has 2 fully saturated rings. The lowest BCUT2D eigenvalue weighted by Gasteiger charge is -2.42. The zero-order valence-corrected chi connectivity index (χ0v) is 15.9. The number of rotatable bonds is 2. The van der Waals surface area contributed by atoms with E-state index in [0.29, 0.717) is 18.0 Å². The molecule has 0 radical (unpaired) electrons. The van der Waals surface area contributed by atoms with Crippen LogP contribution in [0.5, 0.6) is 0 Å². The molecule has 4 rings (SSSR count). The second-order valence-corrected chi connectivity index (χ2v) is 7.65. The summed E-state index contributed by atoms with van der Waals surface area (Å²) in [6.45, 7) is 4.87. The number of piperazine rings is 1. The fraction of sp³-hybridized carbons (Fsp3) is 0.474. The summed E-state index contributed by atoms with van der Waals surface area (Å²) in [5.74, 6) is -5.87. The minimum absolute atomic E-state index is 0.0562. The van der Waals surface area contributed by atoms with Gasteiger partial charge in [0.2, 0.25) is 11.8 Å². The van der Waals surface area contributed by atoms with Crippen LogP contribution in [0.3, 0.4) is 0 Å². The van der Waals surface area contributed by atoms with Gasteiger partial charge in [0.25, 0.3) is 11.8 Å². The van der Waals surface area contributed by atoms with E-state index < -0.39 is 46.9 Å². The standard InChI is InChI=1S/C19H20F2N4O4/c1-8-6-22-7-9(2)24(8)12-5-10(20)16(21)15-14(12)18(28)25(19(15)29)11-3-4-13(26)23-17(11)27/h5,8-9,11,22H,3-4,6-7H2,1-2H3,(H,23,26,27). The molecule has 3 aliphatic rings. The van der Waals surface area contributed by atoms with Crippen LogP contribution in [0, 0.1) is 11.6 Å². The van der Waals surface area contributed by atoms with Gasteiger partial charge < -0.3 is 10.2 Å². The van der Waals surface area contributed by atoms with E-state index in [1.165, 1.54) is 0 Å². The Morgan fingerprint density at radius 2 is 1.62 bits per heavy atom. The number of imide groups is 2. The lowest BCUT2D eigenvalue weighted by atomic mass is 10.0. The Balaban J connectivity index is 1.83. The number of hydrogen-bond acceptors (Lipinski definition) is 6. The highest BCUT2D eigenvalue weighted by molar-refractivity contribution is 6.25. The van der Waals surface area contributed by atoms with Crippen molar-refractivity contribution in [1.29, 1.82) is 0 Å². The van der Waals surface area contributed by atoms with Crippen molar-refractivity contribution in [2.45, 2.75) is 44.8 Å². The number of nitrogens with one attached hydrogen (secondary N) is 2. The first kappa shape index (κ1) is 19.4. The molecule has 3 heterocycles. The first-order valence-corrected chi connectivity index (χ1v) is 9.45. The largest absolute Gasteiger partial charge is 0.363 e. The molecule has 2 saturated heterocycles. The molecule has 0 aromatic heterocycles. The highest BCUT2D eigenvalue weighted by Crippen LogP contribution is 2.38. The predicted molar refractivity (Wildman–Crippen MR) is 97.3 cm³/mol. The molecule has 3 unspecified atom stereocenters. The van der Waals surface area contributed by atoms with E-state index in [0.717, 1.165) is 6.07 Å². The van der Waals surface area contributed by atoms with E-state index in [2.05, 4.69) is 10.6 Å². The Bertz CT molecular complexity index is 941. The predicted octanol–water partition coefficient (Wildman–Crippen LogP) is 0.553. The number of anilines is 1. The molecule has 0 saturated carbocycles. The number of hydrogen-bond donors (Lipinski definition) is 2. The normalized spacial score (nSPS) is 27.4. The quantitative estimate of drug-likeness (QED) is 0.697. The van der Waals surface area contributed by atoms with Crippen LogP contribution in [-0.2, 0) is 9.59 Å². The van der Waals surface area contributed by atoms with E-state index in [9.17, 15) is 28.0 Å². The lowest BCUT2D eigenvalue weighted by Crippen LogP contribution is -2.56. The maximum Gasteiger partial charge on any atom is 0.265 e. The first-order chi connectivity index (χ1) is 13.7. The summed E-state index contributed by atoms with van der Waals surface area (Å²) < 4.78 is 29.0. The second-order valence-electron chi connectivity index (χ2n) is 7.65. The number of benzene rings is 1. The van der Waals surface area contributed by atoms with E-state index >= 15 is 0 Å². The number of amides is 4. The Morgan fingerprint density at radius 3 is 2.24 bits per heavy atom. The van der Waals surface area contributed by atoms with Crippen molar-refractivity contribution < 1.29 is 28.0 Å². The summed E-state index contributed by atoms with van der Waals surface area (Å²) >= 11 is 0. The fourth-order valence-corrected chi connectivity index (χ4v) is 4.39. The van der Waals surface area contributed by atoms with Crippen molar-refractivity contribution in [2.24, 2.45) is 0 Å². The van der Waals surface area contributed by atoms with E-state index in [-0.39, 0.29) is 36.2 Å². The van der Waals surface area contributed by atoms with E-state index in [1.54, 1.807) is 4.90 Å². The molecular weight excluding hydrogens is 386 g/mol. The van der Waals surface area contributed by atoms with Gasteiger partial charge in [0.15, 0.2) is 11.6 Å². The zero-order valence-electron chi connectivity index (χ0n) is 15.9. The maximum atomic E-state index is 14.6. The topological polar surface area (TPSA) is 98.8 Å². The van der Waals surface area contributed by atoms with Crippen molar-refractivity contribution in [3.63, 3.8) is 0 Å². The summed E-state index contributed by atoms with van der Waals surface area (Å²) in [7, 11) is 0. The molecule has 1 aromatic rings. The molecule has 0 spiro atoms. The second kappa shape index (κ2) is 6.87. The van der Waals surface area contributed by atoms with Gasteiger partial charge in [-0.2, -0.15) is 0 Å². The molecule has 1 aromatic carbocycles. The van der Waals surface area contributed by atoms with Gasteiger partial charge >= 0.3 is 0 Å². The van der Waals surface area contributed by atoms with Crippen LogP contribution in [0.25, 0.3) is 0 Å². The summed E-state index contributed by atoms with van der Waals surface area (Å²) in [6.07, 6.45) is -0.116. The number of piperidine rings is 1. The Morgan fingerprint density at radius 1 is 1.00 bits per heavy atom. The number of carbonyl (C=O) groups excluding carboxylic acids is 4. The van der Waals surface area contributed by atoms with E-state index in [4.69, 9.17) is 0 Å². The molecule has 3 atom stereocenters. The Kier molecular flexibility index (Phi) is 4.60. The minimum Gasteiger partial charge on any atom is -0.363 e. The van der Waals surface area contributed by atoms with Gasteiger partial charge in [0, 0.05) is 37.7 Å². The van der Waals surface area contributed by atoms with E-state index in [1.807, 2.05) is 13.8 Å². The molecule has 0 aliphatic carbocycles. The SMILES string of the molecule is CC1CNCC(C)N1c1cc(F)c(F)c2c1C(=O)N(C1CCC(=O)NC1=O)C2=O. The number of carbonyl (C=O) groups is 4. The van der Waals surface area contributed by atoms with Crippen molar-refractivity contribution in [3.8, 4) is 0 Å². The number of fused-ring (bicyclic) bond motifs is 1. The van der Waals surface area contributed by atoms with Gasteiger partial charge in [-0.05, 0) is 20.3 Å². The lowest BCUT2D eigenvalue weighted by molar-refractivity contribution is -0.136. The third-order valence-corrected chi connectivity index (χ3v) is 5.69. The highest BCUT2D eigenvalue weighted by atomic mass is 19.2. The van der Waals surface area contributed by atoms with Gasteiger partial charge in [-0.3, -0.25) is 29.4 Å². The van der Waals surface area contributed by atoms with Crippen LogP contribution >= 0.6 is 0 Å². The molecule has 10 heteroatoms.